The predicted molar refractivity (Wildman–Crippen MR) is 83.5 cm³/mol. The lowest BCUT2D eigenvalue weighted by molar-refractivity contribution is 0.102. The molecule has 98 valence electrons. The van der Waals surface area contributed by atoms with Gasteiger partial charge in [0, 0.05) is 15.1 Å². The third-order valence-electron chi connectivity index (χ3n) is 2.31. The van der Waals surface area contributed by atoms with Gasteiger partial charge in [-0.1, -0.05) is 27.5 Å². The number of nitrogens with one attached hydrogen (secondary N) is 1. The first kappa shape index (κ1) is 14.3. The average molecular weight is 405 g/mol. The second kappa shape index (κ2) is 5.90. The van der Waals surface area contributed by atoms with Crippen molar-refractivity contribution < 1.29 is 4.79 Å². The van der Waals surface area contributed by atoms with Crippen LogP contribution in [0.3, 0.4) is 0 Å². The number of nitrogens with two attached hydrogens (primary N) is 1. The first-order valence-electron chi connectivity index (χ1n) is 5.15. The zero-order chi connectivity index (χ0) is 14.0. The summed E-state index contributed by atoms with van der Waals surface area (Å²) in [5, 5.41) is 3.12. The molecule has 0 saturated heterocycles. The van der Waals surface area contributed by atoms with E-state index in [-0.39, 0.29) is 17.3 Å². The van der Waals surface area contributed by atoms with Crippen LogP contribution in [0.25, 0.3) is 0 Å². The molecule has 0 unspecified atom stereocenters. The van der Waals surface area contributed by atoms with Crippen molar-refractivity contribution in [1.29, 1.82) is 0 Å². The van der Waals surface area contributed by atoms with Gasteiger partial charge in [0.1, 0.15) is 5.82 Å². The number of carbonyl (C=O) groups is 1. The molecule has 0 saturated carbocycles. The minimum Gasteiger partial charge on any atom is -0.383 e. The van der Waals surface area contributed by atoms with Crippen LogP contribution in [0.5, 0.6) is 0 Å². The van der Waals surface area contributed by atoms with E-state index in [1.807, 2.05) is 0 Å². The summed E-state index contributed by atoms with van der Waals surface area (Å²) in [6.45, 7) is 0. The van der Waals surface area contributed by atoms with Crippen LogP contribution in [0.2, 0.25) is 5.02 Å². The first-order valence-corrected chi connectivity index (χ1v) is 7.11. The number of rotatable bonds is 2. The molecule has 0 spiro atoms. The topological polar surface area (TPSA) is 68.0 Å². The Kier molecular flexibility index (Phi) is 4.44. The highest BCUT2D eigenvalue weighted by Crippen LogP contribution is 2.26. The van der Waals surface area contributed by atoms with Crippen LogP contribution in [-0.2, 0) is 0 Å². The van der Waals surface area contributed by atoms with Gasteiger partial charge in [0.05, 0.1) is 16.3 Å². The highest BCUT2D eigenvalue weighted by atomic mass is 79.9. The summed E-state index contributed by atoms with van der Waals surface area (Å²) in [4.78, 5) is 16.0. The number of hydrogen-bond acceptors (Lipinski definition) is 3. The van der Waals surface area contributed by atoms with E-state index in [0.717, 1.165) is 4.47 Å². The molecule has 0 radical (unpaired) electrons. The number of aromatic nitrogens is 1. The molecule has 2 rings (SSSR count). The van der Waals surface area contributed by atoms with Crippen molar-refractivity contribution in [3.63, 3.8) is 0 Å². The molecular weight excluding hydrogens is 397 g/mol. The maximum atomic E-state index is 12.1. The Balaban J connectivity index is 2.28. The van der Waals surface area contributed by atoms with E-state index < -0.39 is 0 Å². The highest BCUT2D eigenvalue weighted by Gasteiger charge is 2.13. The fraction of sp³-hybridized carbons (Fsp3) is 0. The average Bonchev–Trinajstić information content (AvgIpc) is 2.35. The van der Waals surface area contributed by atoms with E-state index in [9.17, 15) is 4.79 Å². The number of benzene rings is 1. The largest absolute Gasteiger partial charge is 0.383 e. The second-order valence-corrected chi connectivity index (χ2v) is 5.90. The van der Waals surface area contributed by atoms with Gasteiger partial charge in [-0.3, -0.25) is 4.79 Å². The van der Waals surface area contributed by atoms with Crippen molar-refractivity contribution in [1.82, 2.24) is 4.98 Å². The van der Waals surface area contributed by atoms with E-state index in [1.165, 1.54) is 6.20 Å². The van der Waals surface area contributed by atoms with Crippen molar-refractivity contribution in [3.05, 3.63) is 50.0 Å². The number of nitrogens with zero attached hydrogens (tertiary/aromatic N) is 1. The Labute approximate surface area is 131 Å². The van der Waals surface area contributed by atoms with Crippen LogP contribution in [0.15, 0.2) is 39.4 Å². The monoisotopic (exact) mass is 403 g/mol. The van der Waals surface area contributed by atoms with Crippen molar-refractivity contribution in [2.24, 2.45) is 0 Å². The van der Waals surface area contributed by atoms with Crippen LogP contribution >= 0.6 is 43.5 Å². The summed E-state index contributed by atoms with van der Waals surface area (Å²) >= 11 is 12.6. The molecule has 0 aliphatic heterocycles. The number of halogens is 3. The van der Waals surface area contributed by atoms with Gasteiger partial charge in [-0.2, -0.15) is 0 Å². The second-order valence-electron chi connectivity index (χ2n) is 3.66. The fourth-order valence-corrected chi connectivity index (χ4v) is 2.46. The Morgan fingerprint density at radius 1 is 1.26 bits per heavy atom. The third kappa shape index (κ3) is 3.46. The lowest BCUT2D eigenvalue weighted by atomic mass is 10.2. The molecule has 1 amide bonds. The van der Waals surface area contributed by atoms with Crippen molar-refractivity contribution >= 4 is 60.9 Å². The van der Waals surface area contributed by atoms with E-state index in [2.05, 4.69) is 42.2 Å². The normalized spacial score (nSPS) is 10.3. The molecule has 19 heavy (non-hydrogen) atoms. The number of anilines is 2. The maximum absolute atomic E-state index is 12.1. The van der Waals surface area contributed by atoms with Gasteiger partial charge in [0.15, 0.2) is 0 Å². The minimum atomic E-state index is -0.365. The van der Waals surface area contributed by atoms with Gasteiger partial charge in [-0.15, -0.1) is 0 Å². The summed E-state index contributed by atoms with van der Waals surface area (Å²) in [5.74, 6) is -0.204. The molecule has 1 heterocycles. The van der Waals surface area contributed by atoms with Crippen molar-refractivity contribution in [2.75, 3.05) is 11.1 Å². The van der Waals surface area contributed by atoms with Gasteiger partial charge in [0.25, 0.3) is 5.91 Å². The van der Waals surface area contributed by atoms with E-state index in [4.69, 9.17) is 17.3 Å². The molecular formula is C12H8Br2ClN3O. The van der Waals surface area contributed by atoms with Crippen molar-refractivity contribution in [3.8, 4) is 0 Å². The standard InChI is InChI=1S/C12H8Br2ClN3O/c13-6-1-2-10(9(15)4-6)18-12(19)8-3-7(14)5-17-11(8)16/h1-5H,(H2,16,17)(H,18,19). The SMILES string of the molecule is Nc1ncc(Br)cc1C(=O)Nc1ccc(Br)cc1Cl. The molecule has 4 nitrogen and oxygen atoms in total. The Bertz CT molecular complexity index is 649. The Morgan fingerprint density at radius 3 is 2.68 bits per heavy atom. The molecule has 0 bridgehead atoms. The quantitative estimate of drug-likeness (QED) is 0.791. The highest BCUT2D eigenvalue weighted by molar-refractivity contribution is 9.10. The van der Waals surface area contributed by atoms with Gasteiger partial charge in [-0.05, 0) is 40.2 Å². The summed E-state index contributed by atoms with van der Waals surface area (Å²) in [6, 6.07) is 6.78. The van der Waals surface area contributed by atoms with Crippen LogP contribution in [0.4, 0.5) is 11.5 Å². The lowest BCUT2D eigenvalue weighted by Crippen LogP contribution is -2.15. The van der Waals surface area contributed by atoms with Gasteiger partial charge in [-0.25, -0.2) is 4.98 Å². The molecule has 0 aliphatic carbocycles. The summed E-state index contributed by atoms with van der Waals surface area (Å²) < 4.78 is 1.51. The smallest absolute Gasteiger partial charge is 0.259 e. The number of pyridine rings is 1. The van der Waals surface area contributed by atoms with Gasteiger partial charge >= 0.3 is 0 Å². The van der Waals surface area contributed by atoms with Gasteiger partial charge < -0.3 is 11.1 Å². The molecule has 0 atom stereocenters. The third-order valence-corrected chi connectivity index (χ3v) is 3.55. The number of hydrogen-bond donors (Lipinski definition) is 2. The zero-order valence-electron chi connectivity index (χ0n) is 9.45. The van der Waals surface area contributed by atoms with Crippen LogP contribution in [-0.4, -0.2) is 10.9 Å². The van der Waals surface area contributed by atoms with Crippen LogP contribution in [0, 0.1) is 0 Å². The van der Waals surface area contributed by atoms with Crippen LogP contribution in [0.1, 0.15) is 10.4 Å². The predicted octanol–water partition coefficient (Wildman–Crippen LogP) is 4.09. The number of nitrogen functional groups attached to an aromatic ring is 1. The minimum absolute atomic E-state index is 0.161. The Hall–Kier alpha value is -1.11. The Morgan fingerprint density at radius 2 is 2.00 bits per heavy atom. The van der Waals surface area contributed by atoms with E-state index in [0.29, 0.717) is 15.2 Å². The summed E-state index contributed by atoms with van der Waals surface area (Å²) in [6.07, 6.45) is 1.53. The van der Waals surface area contributed by atoms with Crippen molar-refractivity contribution in [2.45, 2.75) is 0 Å². The first-order chi connectivity index (χ1) is 8.97. The molecule has 1 aromatic carbocycles. The van der Waals surface area contributed by atoms with E-state index in [1.54, 1.807) is 24.3 Å². The number of amides is 1. The molecule has 0 aliphatic rings. The lowest BCUT2D eigenvalue weighted by Gasteiger charge is -2.09. The van der Waals surface area contributed by atoms with Crippen LogP contribution < -0.4 is 11.1 Å². The molecule has 1 aromatic heterocycles. The molecule has 3 N–H and O–H groups in total. The molecule has 2 aromatic rings. The fourth-order valence-electron chi connectivity index (χ4n) is 1.41. The summed E-state index contributed by atoms with van der Waals surface area (Å²) in [7, 11) is 0. The maximum Gasteiger partial charge on any atom is 0.259 e. The number of carbonyl (C=O) groups excluding carboxylic acids is 1. The van der Waals surface area contributed by atoms with E-state index >= 15 is 0 Å². The molecule has 7 heteroatoms. The van der Waals surface area contributed by atoms with Gasteiger partial charge in [0.2, 0.25) is 0 Å². The zero-order valence-corrected chi connectivity index (χ0v) is 13.4. The summed E-state index contributed by atoms with van der Waals surface area (Å²) in [5.41, 5.74) is 6.47. The molecule has 0 fully saturated rings.